The molecular formula is C20H21F3N2O4S. The van der Waals surface area contributed by atoms with E-state index in [1.165, 1.54) is 11.0 Å². The first-order chi connectivity index (χ1) is 14.1. The van der Waals surface area contributed by atoms with Crippen LogP contribution in [0.3, 0.4) is 0 Å². The lowest BCUT2D eigenvalue weighted by Crippen LogP contribution is -2.51. The van der Waals surface area contributed by atoms with Crippen LogP contribution in [0.5, 0.6) is 5.75 Å². The Hall–Kier alpha value is -2.59. The highest BCUT2D eigenvalue weighted by atomic mass is 32.2. The van der Waals surface area contributed by atoms with Gasteiger partial charge in [0.25, 0.3) is 5.91 Å². The number of rotatable bonds is 5. The quantitative estimate of drug-likeness (QED) is 0.714. The minimum absolute atomic E-state index is 0.0728. The summed E-state index contributed by atoms with van der Waals surface area (Å²) in [5.41, 5.74) is -0.215. The Balaban J connectivity index is 1.63. The average molecular weight is 442 g/mol. The van der Waals surface area contributed by atoms with Crippen LogP contribution in [0.2, 0.25) is 0 Å². The van der Waals surface area contributed by atoms with Crippen LogP contribution in [0.1, 0.15) is 11.1 Å². The van der Waals surface area contributed by atoms with E-state index in [2.05, 4.69) is 0 Å². The standard InChI is InChI=1S/C20H21F3N2O4S/c1-15-5-4-6-16(13-15)29-14-19(26)24-9-11-25(12-10-24)30(27,28)18-8-3-2-7-17(18)20(21,22)23/h2-8,13H,9-12,14H2,1H3. The normalized spacial score (nSPS) is 15.8. The first-order valence-corrected chi connectivity index (χ1v) is 10.7. The number of carbonyl (C=O) groups is 1. The first kappa shape index (κ1) is 22.1. The predicted molar refractivity (Wildman–Crippen MR) is 103 cm³/mol. The maximum atomic E-state index is 13.2. The number of aryl methyl sites for hydroxylation is 1. The zero-order chi connectivity index (χ0) is 21.9. The van der Waals surface area contributed by atoms with Crippen molar-refractivity contribution in [1.29, 1.82) is 0 Å². The summed E-state index contributed by atoms with van der Waals surface area (Å²) < 4.78 is 71.6. The number of hydrogen-bond acceptors (Lipinski definition) is 4. The van der Waals surface area contributed by atoms with Gasteiger partial charge in [-0.05, 0) is 36.8 Å². The fourth-order valence-electron chi connectivity index (χ4n) is 3.18. The van der Waals surface area contributed by atoms with E-state index in [4.69, 9.17) is 4.74 Å². The Bertz CT molecular complexity index is 1020. The molecule has 30 heavy (non-hydrogen) atoms. The number of ether oxygens (including phenoxy) is 1. The molecule has 0 radical (unpaired) electrons. The minimum atomic E-state index is -4.78. The molecule has 10 heteroatoms. The molecule has 0 saturated carbocycles. The van der Waals surface area contributed by atoms with Crippen LogP contribution in [-0.2, 0) is 21.0 Å². The number of benzene rings is 2. The molecule has 0 bridgehead atoms. The Morgan fingerprint density at radius 2 is 1.70 bits per heavy atom. The summed E-state index contributed by atoms with van der Waals surface area (Å²) in [4.78, 5) is 13.0. The molecule has 1 heterocycles. The van der Waals surface area contributed by atoms with Gasteiger partial charge in [-0.15, -0.1) is 0 Å². The van der Waals surface area contributed by atoms with Crippen LogP contribution in [0.25, 0.3) is 0 Å². The number of piperazine rings is 1. The third-order valence-corrected chi connectivity index (χ3v) is 6.71. The molecular weight excluding hydrogens is 421 g/mol. The topological polar surface area (TPSA) is 66.9 Å². The van der Waals surface area contributed by atoms with Gasteiger partial charge in [0, 0.05) is 26.2 Å². The van der Waals surface area contributed by atoms with Crippen LogP contribution in [0.4, 0.5) is 13.2 Å². The van der Waals surface area contributed by atoms with Crippen LogP contribution < -0.4 is 4.74 Å². The van der Waals surface area contributed by atoms with Crippen LogP contribution >= 0.6 is 0 Å². The molecule has 0 aliphatic carbocycles. The molecule has 3 rings (SSSR count). The van der Waals surface area contributed by atoms with Gasteiger partial charge in [0.15, 0.2) is 6.61 Å². The second kappa shape index (κ2) is 8.65. The van der Waals surface area contributed by atoms with Crippen molar-refractivity contribution in [3.8, 4) is 5.75 Å². The fraction of sp³-hybridized carbons (Fsp3) is 0.350. The second-order valence-corrected chi connectivity index (χ2v) is 8.79. The molecule has 1 amide bonds. The Kier molecular flexibility index (Phi) is 6.37. The van der Waals surface area contributed by atoms with E-state index in [0.29, 0.717) is 5.75 Å². The lowest BCUT2D eigenvalue weighted by Gasteiger charge is -2.34. The lowest BCUT2D eigenvalue weighted by molar-refractivity contribution is -0.139. The van der Waals surface area contributed by atoms with Gasteiger partial charge in [-0.1, -0.05) is 24.3 Å². The molecule has 0 N–H and O–H groups in total. The molecule has 0 aromatic heterocycles. The molecule has 1 aliphatic heterocycles. The maximum absolute atomic E-state index is 13.2. The molecule has 1 aliphatic rings. The van der Waals surface area contributed by atoms with Crippen LogP contribution in [0, 0.1) is 6.92 Å². The van der Waals surface area contributed by atoms with Gasteiger partial charge in [-0.25, -0.2) is 8.42 Å². The fourth-order valence-corrected chi connectivity index (χ4v) is 4.82. The van der Waals surface area contributed by atoms with Gasteiger partial charge in [0.1, 0.15) is 5.75 Å². The van der Waals surface area contributed by atoms with E-state index in [1.807, 2.05) is 13.0 Å². The summed E-state index contributed by atoms with van der Waals surface area (Å²) in [5, 5.41) is 0. The molecule has 1 saturated heterocycles. The van der Waals surface area contributed by atoms with Crippen LogP contribution in [-0.4, -0.2) is 56.3 Å². The molecule has 0 atom stereocenters. The number of sulfonamides is 1. The zero-order valence-corrected chi connectivity index (χ0v) is 17.0. The van der Waals surface area contributed by atoms with Crippen molar-refractivity contribution in [2.24, 2.45) is 0 Å². The van der Waals surface area contributed by atoms with Crippen molar-refractivity contribution in [2.45, 2.75) is 18.0 Å². The highest BCUT2D eigenvalue weighted by Gasteiger charge is 2.39. The SMILES string of the molecule is Cc1cccc(OCC(=O)N2CCN(S(=O)(=O)c3ccccc3C(F)(F)F)CC2)c1. The van der Waals surface area contributed by atoms with Gasteiger partial charge in [-0.3, -0.25) is 4.79 Å². The average Bonchev–Trinajstić information content (AvgIpc) is 2.71. The maximum Gasteiger partial charge on any atom is 0.417 e. The van der Waals surface area contributed by atoms with E-state index in [9.17, 15) is 26.4 Å². The van der Waals surface area contributed by atoms with Gasteiger partial charge >= 0.3 is 6.18 Å². The third-order valence-electron chi connectivity index (χ3n) is 4.75. The molecule has 0 spiro atoms. The molecule has 162 valence electrons. The number of halogens is 3. The summed E-state index contributed by atoms with van der Waals surface area (Å²) in [6, 6.07) is 11.3. The highest BCUT2D eigenvalue weighted by Crippen LogP contribution is 2.35. The lowest BCUT2D eigenvalue weighted by atomic mass is 10.2. The largest absolute Gasteiger partial charge is 0.484 e. The molecule has 0 unspecified atom stereocenters. The Morgan fingerprint density at radius 1 is 1.03 bits per heavy atom. The number of hydrogen-bond donors (Lipinski definition) is 0. The Morgan fingerprint density at radius 3 is 2.33 bits per heavy atom. The molecule has 1 fully saturated rings. The minimum Gasteiger partial charge on any atom is -0.484 e. The Labute approximate surface area is 172 Å². The van der Waals surface area contributed by atoms with E-state index in [-0.39, 0.29) is 38.7 Å². The summed E-state index contributed by atoms with van der Waals surface area (Å²) in [7, 11) is -4.34. The van der Waals surface area contributed by atoms with E-state index in [0.717, 1.165) is 28.1 Å². The van der Waals surface area contributed by atoms with Crippen molar-refractivity contribution in [3.63, 3.8) is 0 Å². The summed E-state index contributed by atoms with van der Waals surface area (Å²) in [6.07, 6.45) is -4.78. The summed E-state index contributed by atoms with van der Waals surface area (Å²) in [6.45, 7) is 1.65. The van der Waals surface area contributed by atoms with E-state index in [1.54, 1.807) is 18.2 Å². The smallest absolute Gasteiger partial charge is 0.417 e. The number of carbonyl (C=O) groups excluding carboxylic acids is 1. The van der Waals surface area contributed by atoms with Crippen molar-refractivity contribution < 1.29 is 31.1 Å². The zero-order valence-electron chi connectivity index (χ0n) is 16.2. The van der Waals surface area contributed by atoms with Crippen molar-refractivity contribution >= 4 is 15.9 Å². The monoisotopic (exact) mass is 442 g/mol. The van der Waals surface area contributed by atoms with Crippen LogP contribution in [0.15, 0.2) is 53.4 Å². The predicted octanol–water partition coefficient (Wildman–Crippen LogP) is 2.93. The van der Waals surface area contributed by atoms with Gasteiger partial charge in [0.2, 0.25) is 10.0 Å². The number of nitrogens with zero attached hydrogens (tertiary/aromatic N) is 2. The molecule has 6 nitrogen and oxygen atoms in total. The third kappa shape index (κ3) is 4.93. The second-order valence-electron chi connectivity index (χ2n) is 6.88. The van der Waals surface area contributed by atoms with Crippen molar-refractivity contribution in [1.82, 2.24) is 9.21 Å². The first-order valence-electron chi connectivity index (χ1n) is 9.22. The van der Waals surface area contributed by atoms with Gasteiger partial charge in [0.05, 0.1) is 10.5 Å². The van der Waals surface area contributed by atoms with E-state index >= 15 is 0 Å². The molecule has 2 aromatic carbocycles. The number of alkyl halides is 3. The molecule has 2 aromatic rings. The van der Waals surface area contributed by atoms with Gasteiger partial charge < -0.3 is 9.64 Å². The highest BCUT2D eigenvalue weighted by molar-refractivity contribution is 7.89. The van der Waals surface area contributed by atoms with E-state index < -0.39 is 26.7 Å². The number of amides is 1. The van der Waals surface area contributed by atoms with Gasteiger partial charge in [-0.2, -0.15) is 17.5 Å². The summed E-state index contributed by atoms with van der Waals surface area (Å²) in [5.74, 6) is 0.234. The van der Waals surface area contributed by atoms with Crippen molar-refractivity contribution in [3.05, 3.63) is 59.7 Å². The summed E-state index contributed by atoms with van der Waals surface area (Å²) >= 11 is 0. The van der Waals surface area contributed by atoms with Crippen molar-refractivity contribution in [2.75, 3.05) is 32.8 Å².